The zero-order valence-corrected chi connectivity index (χ0v) is 12.6. The lowest BCUT2D eigenvalue weighted by atomic mass is 9.86. The minimum absolute atomic E-state index is 0.0353. The minimum atomic E-state index is -0.279. The van der Waals surface area contributed by atoms with Crippen LogP contribution in [0, 0.1) is 17.8 Å². The molecular weight excluding hydrogens is 210 g/mol. The summed E-state index contributed by atoms with van der Waals surface area (Å²) < 4.78 is 0. The highest BCUT2D eigenvalue weighted by Gasteiger charge is 2.26. The number of hydrogen-bond acceptors (Lipinski definition) is 2. The fourth-order valence-corrected chi connectivity index (χ4v) is 1.76. The molecule has 17 heavy (non-hydrogen) atoms. The van der Waals surface area contributed by atoms with Crippen molar-refractivity contribution in [1.29, 1.82) is 0 Å². The van der Waals surface area contributed by atoms with Crippen LogP contribution >= 0.6 is 0 Å². The summed E-state index contributed by atoms with van der Waals surface area (Å²) in [5.74, 6) is 1.34. The van der Waals surface area contributed by atoms with Crippen molar-refractivity contribution in [1.82, 2.24) is 5.32 Å². The van der Waals surface area contributed by atoms with E-state index in [1.165, 1.54) is 0 Å². The second-order valence-electron chi connectivity index (χ2n) is 5.99. The molecule has 0 bridgehead atoms. The van der Waals surface area contributed by atoms with E-state index in [1.54, 1.807) is 0 Å². The molecule has 0 aliphatic rings. The van der Waals surface area contributed by atoms with Gasteiger partial charge in [0, 0.05) is 12.1 Å². The Labute approximate surface area is 108 Å². The average Bonchev–Trinajstić information content (AvgIpc) is 2.24. The first kappa shape index (κ1) is 16.7. The van der Waals surface area contributed by atoms with Crippen LogP contribution in [0.2, 0.25) is 0 Å². The Morgan fingerprint density at radius 3 is 2.06 bits per heavy atom. The molecule has 2 nitrogen and oxygen atoms in total. The third kappa shape index (κ3) is 5.22. The molecule has 0 aliphatic heterocycles. The quantitative estimate of drug-likeness (QED) is 0.671. The number of rotatable bonds is 7. The monoisotopic (exact) mass is 241 g/mol. The summed E-state index contributed by atoms with van der Waals surface area (Å²) in [6, 6.07) is 0. The Morgan fingerprint density at radius 2 is 1.71 bits per heavy atom. The Hall–Kier alpha value is -0.340. The van der Waals surface area contributed by atoms with E-state index in [4.69, 9.17) is 0 Å². The maximum atomic E-state index is 10.1. The van der Waals surface area contributed by atoms with Crippen molar-refractivity contribution in [3.63, 3.8) is 0 Å². The molecule has 0 saturated heterocycles. The lowest BCUT2D eigenvalue weighted by Crippen LogP contribution is -2.49. The van der Waals surface area contributed by atoms with E-state index < -0.39 is 0 Å². The van der Waals surface area contributed by atoms with Gasteiger partial charge in [-0.2, -0.15) is 0 Å². The van der Waals surface area contributed by atoms with Gasteiger partial charge in [0.05, 0.1) is 6.10 Å². The first-order chi connectivity index (χ1) is 7.74. The molecule has 0 aromatic rings. The lowest BCUT2D eigenvalue weighted by Gasteiger charge is -2.34. The zero-order valence-electron chi connectivity index (χ0n) is 12.6. The first-order valence-corrected chi connectivity index (χ1v) is 6.81. The van der Waals surface area contributed by atoms with Crippen molar-refractivity contribution in [2.45, 2.75) is 60.1 Å². The molecule has 0 radical (unpaired) electrons. The van der Waals surface area contributed by atoms with E-state index in [0.29, 0.717) is 24.3 Å². The van der Waals surface area contributed by atoms with Gasteiger partial charge in [-0.25, -0.2) is 0 Å². The van der Waals surface area contributed by atoms with Gasteiger partial charge in [0.2, 0.25) is 0 Å². The molecule has 102 valence electrons. The third-order valence-electron chi connectivity index (χ3n) is 4.06. The van der Waals surface area contributed by atoms with E-state index in [2.05, 4.69) is 59.0 Å². The minimum Gasteiger partial charge on any atom is -0.392 e. The Morgan fingerprint density at radius 1 is 1.18 bits per heavy atom. The number of hydrogen-bond donors (Lipinski definition) is 2. The van der Waals surface area contributed by atoms with Crippen molar-refractivity contribution in [3.8, 4) is 0 Å². The molecule has 0 aromatic carbocycles. The van der Waals surface area contributed by atoms with Crippen molar-refractivity contribution in [3.05, 3.63) is 12.2 Å². The maximum Gasteiger partial charge on any atom is 0.0692 e. The van der Waals surface area contributed by atoms with Gasteiger partial charge in [0.1, 0.15) is 0 Å². The molecule has 0 rings (SSSR count). The Bertz CT molecular complexity index is 235. The number of aliphatic hydroxyl groups is 1. The topological polar surface area (TPSA) is 32.3 Å². The Balaban J connectivity index is 4.42. The van der Waals surface area contributed by atoms with Crippen LogP contribution in [0.3, 0.4) is 0 Å². The highest BCUT2D eigenvalue weighted by atomic mass is 16.3. The molecular formula is C15H31NO. The predicted octanol–water partition coefficient (Wildman–Crippen LogP) is 3.22. The van der Waals surface area contributed by atoms with Crippen LogP contribution in [0.25, 0.3) is 0 Å². The fraction of sp³-hybridized carbons (Fsp3) is 0.867. The van der Waals surface area contributed by atoms with Crippen LogP contribution < -0.4 is 5.32 Å². The van der Waals surface area contributed by atoms with Crippen molar-refractivity contribution in [2.24, 2.45) is 17.8 Å². The van der Waals surface area contributed by atoms with Gasteiger partial charge in [0.15, 0.2) is 0 Å². The fourth-order valence-electron chi connectivity index (χ4n) is 1.76. The molecule has 0 amide bonds. The molecule has 0 saturated carbocycles. The van der Waals surface area contributed by atoms with Gasteiger partial charge in [-0.3, -0.25) is 0 Å². The molecule has 0 heterocycles. The number of allylic oxidation sites excluding steroid dienone is 1. The third-order valence-corrected chi connectivity index (χ3v) is 4.06. The first-order valence-electron chi connectivity index (χ1n) is 6.81. The van der Waals surface area contributed by atoms with Crippen LogP contribution in [0.1, 0.15) is 48.5 Å². The van der Waals surface area contributed by atoms with Gasteiger partial charge in [0.25, 0.3) is 0 Å². The summed E-state index contributed by atoms with van der Waals surface area (Å²) in [4.78, 5) is 0. The van der Waals surface area contributed by atoms with Gasteiger partial charge in [-0.05, 0) is 31.6 Å². The van der Waals surface area contributed by atoms with E-state index >= 15 is 0 Å². The van der Waals surface area contributed by atoms with Gasteiger partial charge < -0.3 is 10.4 Å². The van der Waals surface area contributed by atoms with E-state index in [1.807, 2.05) is 6.92 Å². The smallest absolute Gasteiger partial charge is 0.0692 e. The molecule has 3 unspecified atom stereocenters. The van der Waals surface area contributed by atoms with Crippen molar-refractivity contribution < 1.29 is 5.11 Å². The van der Waals surface area contributed by atoms with E-state index in [9.17, 15) is 5.11 Å². The molecule has 2 N–H and O–H groups in total. The number of β-amino-alcohol motifs (C(OH)–C–C–N with tert-alkyl or cyclic N) is 1. The van der Waals surface area contributed by atoms with Crippen molar-refractivity contribution in [2.75, 3.05) is 6.54 Å². The van der Waals surface area contributed by atoms with Gasteiger partial charge >= 0.3 is 0 Å². The predicted molar refractivity (Wildman–Crippen MR) is 76.1 cm³/mol. The van der Waals surface area contributed by atoms with E-state index in [0.717, 1.165) is 0 Å². The SMILES string of the molecule is CC=CC(C)(NCC(O)C(C)C(C)C)C(C)C. The second kappa shape index (κ2) is 7.17. The molecule has 0 aromatic heterocycles. The normalized spacial score (nSPS) is 19.9. The zero-order chi connectivity index (χ0) is 13.6. The van der Waals surface area contributed by atoms with Gasteiger partial charge in [-0.1, -0.05) is 46.8 Å². The summed E-state index contributed by atoms with van der Waals surface area (Å²) in [5, 5.41) is 13.6. The van der Waals surface area contributed by atoms with Gasteiger partial charge in [-0.15, -0.1) is 0 Å². The van der Waals surface area contributed by atoms with Crippen LogP contribution in [-0.4, -0.2) is 23.3 Å². The molecule has 0 spiro atoms. The molecule has 0 fully saturated rings. The average molecular weight is 241 g/mol. The van der Waals surface area contributed by atoms with Crippen LogP contribution in [0.15, 0.2) is 12.2 Å². The van der Waals surface area contributed by atoms with Crippen LogP contribution in [0.5, 0.6) is 0 Å². The summed E-state index contributed by atoms with van der Waals surface area (Å²) in [7, 11) is 0. The van der Waals surface area contributed by atoms with Crippen molar-refractivity contribution >= 4 is 0 Å². The summed E-state index contributed by atoms with van der Waals surface area (Å²) in [5.41, 5.74) is -0.0353. The highest BCUT2D eigenvalue weighted by Crippen LogP contribution is 2.20. The molecule has 0 aliphatic carbocycles. The van der Waals surface area contributed by atoms with E-state index in [-0.39, 0.29) is 11.6 Å². The Kier molecular flexibility index (Phi) is 7.03. The van der Waals surface area contributed by atoms with Crippen LogP contribution in [-0.2, 0) is 0 Å². The molecule has 2 heteroatoms. The molecule has 3 atom stereocenters. The highest BCUT2D eigenvalue weighted by molar-refractivity contribution is 5.05. The summed E-state index contributed by atoms with van der Waals surface area (Å²) in [6.45, 7) is 15.7. The maximum absolute atomic E-state index is 10.1. The standard InChI is InChI=1S/C15H31NO/c1-8-9-15(7,12(4)5)16-10-14(17)13(6)11(2)3/h8-9,11-14,16-17H,10H2,1-7H3. The number of nitrogens with one attached hydrogen (secondary N) is 1. The van der Waals surface area contributed by atoms with Crippen LogP contribution in [0.4, 0.5) is 0 Å². The summed E-state index contributed by atoms with van der Waals surface area (Å²) in [6.07, 6.45) is 3.98. The summed E-state index contributed by atoms with van der Waals surface area (Å²) >= 11 is 0. The largest absolute Gasteiger partial charge is 0.392 e. The number of aliphatic hydroxyl groups excluding tert-OH is 1. The second-order valence-corrected chi connectivity index (χ2v) is 5.99. The lowest BCUT2D eigenvalue weighted by molar-refractivity contribution is 0.0821.